The van der Waals surface area contributed by atoms with Crippen LogP contribution in [-0.2, 0) is 11.4 Å². The Balaban J connectivity index is 1.40. The standard InChI is InChI=1S/C19H16ClN5O2S2/c20-14-3-1-2-4-15(14)27-10-16-23-24-19(25(16)13-5-6-13)29-11-17(26)22-18-12(9-21)7-8-28-18/h1-4,7-8,13H,5-6,10-11H2,(H,22,26). The van der Waals surface area contributed by atoms with E-state index in [2.05, 4.69) is 21.6 Å². The highest BCUT2D eigenvalue weighted by molar-refractivity contribution is 7.99. The van der Waals surface area contributed by atoms with Gasteiger partial charge in [0.15, 0.2) is 11.0 Å². The van der Waals surface area contributed by atoms with Crippen molar-refractivity contribution in [3.8, 4) is 11.8 Å². The van der Waals surface area contributed by atoms with Crippen molar-refractivity contribution in [3.05, 3.63) is 52.1 Å². The molecule has 4 rings (SSSR count). The van der Waals surface area contributed by atoms with Crippen LogP contribution in [0.15, 0.2) is 40.9 Å². The molecule has 3 aromatic rings. The Labute approximate surface area is 180 Å². The van der Waals surface area contributed by atoms with Gasteiger partial charge in [0.2, 0.25) is 5.91 Å². The topological polar surface area (TPSA) is 92.8 Å². The number of halogens is 1. The number of aromatic nitrogens is 3. The van der Waals surface area contributed by atoms with Crippen LogP contribution in [0.4, 0.5) is 5.00 Å². The fourth-order valence-electron chi connectivity index (χ4n) is 2.69. The first-order valence-electron chi connectivity index (χ1n) is 8.87. The molecule has 1 amide bonds. The lowest BCUT2D eigenvalue weighted by Gasteiger charge is -2.10. The number of nitrogens with zero attached hydrogens (tertiary/aromatic N) is 4. The van der Waals surface area contributed by atoms with Crippen molar-refractivity contribution in [3.63, 3.8) is 0 Å². The summed E-state index contributed by atoms with van der Waals surface area (Å²) in [5.74, 6) is 1.30. The fourth-order valence-corrected chi connectivity index (χ4v) is 4.46. The summed E-state index contributed by atoms with van der Waals surface area (Å²) >= 11 is 8.79. The van der Waals surface area contributed by atoms with E-state index in [1.165, 1.54) is 23.1 Å². The molecule has 148 valence electrons. The second-order valence-corrected chi connectivity index (χ2v) is 8.60. The smallest absolute Gasteiger partial charge is 0.235 e. The largest absolute Gasteiger partial charge is 0.484 e. The summed E-state index contributed by atoms with van der Waals surface area (Å²) in [6.45, 7) is 0.251. The minimum absolute atomic E-state index is 0.180. The monoisotopic (exact) mass is 445 g/mol. The lowest BCUT2D eigenvalue weighted by molar-refractivity contribution is -0.113. The Morgan fingerprint density at radius 1 is 1.38 bits per heavy atom. The maximum absolute atomic E-state index is 12.3. The third-order valence-electron chi connectivity index (χ3n) is 4.21. The van der Waals surface area contributed by atoms with Crippen molar-refractivity contribution < 1.29 is 9.53 Å². The summed E-state index contributed by atoms with van der Waals surface area (Å²) in [5.41, 5.74) is 0.466. The van der Waals surface area contributed by atoms with Gasteiger partial charge >= 0.3 is 0 Å². The normalized spacial score (nSPS) is 13.1. The predicted molar refractivity (Wildman–Crippen MR) is 112 cm³/mol. The molecule has 1 aliphatic rings. The first-order chi connectivity index (χ1) is 14.2. The molecule has 10 heteroatoms. The Hall–Kier alpha value is -2.54. The number of anilines is 1. The molecule has 1 aliphatic carbocycles. The number of hydrogen-bond donors (Lipinski definition) is 1. The van der Waals surface area contributed by atoms with E-state index in [9.17, 15) is 4.79 Å². The summed E-state index contributed by atoms with van der Waals surface area (Å²) in [5, 5.41) is 23.9. The highest BCUT2D eigenvalue weighted by Crippen LogP contribution is 2.39. The Bertz CT molecular complexity index is 1070. The van der Waals surface area contributed by atoms with Gasteiger partial charge in [-0.3, -0.25) is 9.36 Å². The lowest BCUT2D eigenvalue weighted by Crippen LogP contribution is -2.14. The molecule has 7 nitrogen and oxygen atoms in total. The average molecular weight is 446 g/mol. The van der Waals surface area contributed by atoms with Crippen LogP contribution in [0.25, 0.3) is 0 Å². The highest BCUT2D eigenvalue weighted by atomic mass is 35.5. The number of carbonyl (C=O) groups is 1. The van der Waals surface area contributed by atoms with E-state index in [0.717, 1.165) is 12.8 Å². The number of ether oxygens (including phenoxy) is 1. The van der Waals surface area contributed by atoms with Gasteiger partial charge in [-0.15, -0.1) is 21.5 Å². The predicted octanol–water partition coefficient (Wildman–Crippen LogP) is 4.51. The zero-order chi connectivity index (χ0) is 20.2. The van der Waals surface area contributed by atoms with Crippen molar-refractivity contribution in [1.29, 1.82) is 5.26 Å². The van der Waals surface area contributed by atoms with Crippen LogP contribution in [0, 0.1) is 11.3 Å². The Morgan fingerprint density at radius 3 is 2.97 bits per heavy atom. The number of hydrogen-bond acceptors (Lipinski definition) is 7. The molecule has 2 aromatic heterocycles. The fraction of sp³-hybridized carbons (Fsp3) is 0.263. The van der Waals surface area contributed by atoms with Crippen molar-refractivity contribution in [2.45, 2.75) is 30.6 Å². The first kappa shape index (κ1) is 19.8. The number of nitriles is 1. The van der Waals surface area contributed by atoms with E-state index in [1.54, 1.807) is 23.6 Å². The molecule has 0 spiro atoms. The SMILES string of the molecule is N#Cc1ccsc1NC(=O)CSc1nnc(COc2ccccc2Cl)n1C1CC1. The maximum atomic E-state index is 12.3. The third kappa shape index (κ3) is 4.72. The molecule has 0 radical (unpaired) electrons. The van der Waals surface area contributed by atoms with Crippen LogP contribution >= 0.6 is 34.7 Å². The van der Waals surface area contributed by atoms with E-state index in [1.807, 2.05) is 16.7 Å². The number of amides is 1. The van der Waals surface area contributed by atoms with E-state index < -0.39 is 0 Å². The maximum Gasteiger partial charge on any atom is 0.235 e. The second kappa shape index (κ2) is 8.86. The molecule has 1 fully saturated rings. The molecule has 1 aromatic carbocycles. The molecule has 1 saturated carbocycles. The highest BCUT2D eigenvalue weighted by Gasteiger charge is 2.30. The van der Waals surface area contributed by atoms with E-state index in [-0.39, 0.29) is 18.3 Å². The average Bonchev–Trinajstić information content (AvgIpc) is 3.32. The zero-order valence-corrected chi connectivity index (χ0v) is 17.6. The van der Waals surface area contributed by atoms with Gasteiger partial charge in [0, 0.05) is 6.04 Å². The van der Waals surface area contributed by atoms with Crippen LogP contribution in [-0.4, -0.2) is 26.4 Å². The molecule has 0 aliphatic heterocycles. The lowest BCUT2D eigenvalue weighted by atomic mass is 10.3. The first-order valence-corrected chi connectivity index (χ1v) is 11.1. The number of benzene rings is 1. The molecule has 0 unspecified atom stereocenters. The van der Waals surface area contributed by atoms with Crippen LogP contribution in [0.2, 0.25) is 5.02 Å². The van der Waals surface area contributed by atoms with Crippen molar-refractivity contribution >= 4 is 45.6 Å². The van der Waals surface area contributed by atoms with Gasteiger partial charge < -0.3 is 10.1 Å². The summed E-state index contributed by atoms with van der Waals surface area (Å²) in [6, 6.07) is 11.4. The van der Waals surface area contributed by atoms with E-state index in [4.69, 9.17) is 21.6 Å². The number of carbonyl (C=O) groups excluding carboxylic acids is 1. The minimum Gasteiger partial charge on any atom is -0.484 e. The van der Waals surface area contributed by atoms with Gasteiger partial charge in [0.1, 0.15) is 23.4 Å². The van der Waals surface area contributed by atoms with Gasteiger partial charge in [-0.25, -0.2) is 0 Å². The number of thioether (sulfide) groups is 1. The van der Waals surface area contributed by atoms with Gasteiger partial charge in [-0.2, -0.15) is 5.26 Å². The van der Waals surface area contributed by atoms with Crippen molar-refractivity contribution in [1.82, 2.24) is 14.8 Å². The van der Waals surface area contributed by atoms with E-state index >= 15 is 0 Å². The number of rotatable bonds is 8. The van der Waals surface area contributed by atoms with Crippen LogP contribution in [0.1, 0.15) is 30.3 Å². The molecule has 0 atom stereocenters. The third-order valence-corrected chi connectivity index (χ3v) is 6.30. The van der Waals surface area contributed by atoms with Gasteiger partial charge in [0.25, 0.3) is 0 Å². The van der Waals surface area contributed by atoms with Crippen molar-refractivity contribution in [2.24, 2.45) is 0 Å². The summed E-state index contributed by atoms with van der Waals surface area (Å²) in [6.07, 6.45) is 2.11. The molecular formula is C19H16ClN5O2S2. The van der Waals surface area contributed by atoms with Crippen LogP contribution in [0.3, 0.4) is 0 Å². The van der Waals surface area contributed by atoms with Crippen LogP contribution < -0.4 is 10.1 Å². The van der Waals surface area contributed by atoms with Gasteiger partial charge in [-0.1, -0.05) is 35.5 Å². The number of thiophene rings is 1. The molecule has 0 bridgehead atoms. The molecule has 29 heavy (non-hydrogen) atoms. The Kier molecular flexibility index (Phi) is 6.04. The van der Waals surface area contributed by atoms with Gasteiger partial charge in [0.05, 0.1) is 16.3 Å². The summed E-state index contributed by atoms with van der Waals surface area (Å²) < 4.78 is 7.85. The van der Waals surface area contributed by atoms with Gasteiger partial charge in [-0.05, 0) is 36.4 Å². The second-order valence-electron chi connectivity index (χ2n) is 6.33. The van der Waals surface area contributed by atoms with Crippen molar-refractivity contribution in [2.75, 3.05) is 11.1 Å². The van der Waals surface area contributed by atoms with E-state index in [0.29, 0.717) is 38.4 Å². The summed E-state index contributed by atoms with van der Waals surface area (Å²) in [4.78, 5) is 12.3. The molecular weight excluding hydrogens is 430 g/mol. The zero-order valence-electron chi connectivity index (χ0n) is 15.2. The minimum atomic E-state index is -0.187. The number of para-hydroxylation sites is 1. The molecule has 2 heterocycles. The Morgan fingerprint density at radius 2 is 2.21 bits per heavy atom. The molecule has 1 N–H and O–H groups in total. The quantitative estimate of drug-likeness (QED) is 0.513. The number of nitrogens with one attached hydrogen (secondary N) is 1. The molecule has 0 saturated heterocycles. The van der Waals surface area contributed by atoms with Crippen LogP contribution in [0.5, 0.6) is 5.75 Å². The summed E-state index contributed by atoms with van der Waals surface area (Å²) in [7, 11) is 0.